The molecule has 0 spiro atoms. The van der Waals surface area contributed by atoms with Crippen LogP contribution >= 0.6 is 11.6 Å². The molecule has 2 rings (SSSR count). The molecule has 0 atom stereocenters. The van der Waals surface area contributed by atoms with Gasteiger partial charge < -0.3 is 0 Å². The molecule has 0 radical (unpaired) electrons. The van der Waals surface area contributed by atoms with Crippen molar-refractivity contribution >= 4 is 29.3 Å². The highest BCUT2D eigenvalue weighted by molar-refractivity contribution is 6.65. The summed E-state index contributed by atoms with van der Waals surface area (Å²) in [5.74, 6) is 0. The van der Waals surface area contributed by atoms with E-state index in [4.69, 9.17) is 11.6 Å². The molecule has 0 aliphatic carbocycles. The highest BCUT2D eigenvalue weighted by Crippen LogP contribution is 2.22. The van der Waals surface area contributed by atoms with Gasteiger partial charge >= 0.3 is 0 Å². The lowest BCUT2D eigenvalue weighted by atomic mass is 10.0. The SMILES string of the molecule is C=N/C(Cl)=N\c1ccccc1Cc1ccccc1. The van der Waals surface area contributed by atoms with Gasteiger partial charge in [0.15, 0.2) is 0 Å². The molecule has 0 heterocycles. The molecular formula is C15H13ClN2. The quantitative estimate of drug-likeness (QED) is 0.447. The Morgan fingerprint density at radius 3 is 2.39 bits per heavy atom. The number of para-hydroxylation sites is 1. The van der Waals surface area contributed by atoms with Crippen LogP contribution in [-0.2, 0) is 6.42 Å². The maximum Gasteiger partial charge on any atom is 0.222 e. The molecule has 90 valence electrons. The molecule has 3 heteroatoms. The summed E-state index contributed by atoms with van der Waals surface area (Å²) in [5.41, 5.74) is 3.19. The van der Waals surface area contributed by atoms with E-state index >= 15 is 0 Å². The molecule has 0 aliphatic rings. The third-order valence-corrected chi connectivity index (χ3v) is 2.78. The summed E-state index contributed by atoms with van der Waals surface area (Å²) >= 11 is 5.80. The van der Waals surface area contributed by atoms with Crippen LogP contribution < -0.4 is 0 Å². The van der Waals surface area contributed by atoms with E-state index in [0.717, 1.165) is 17.7 Å². The van der Waals surface area contributed by atoms with Gasteiger partial charge in [-0.05, 0) is 41.9 Å². The molecule has 2 aromatic carbocycles. The van der Waals surface area contributed by atoms with Crippen molar-refractivity contribution < 1.29 is 0 Å². The predicted molar refractivity (Wildman–Crippen MR) is 78.2 cm³/mol. The number of hydrogen-bond acceptors (Lipinski definition) is 1. The van der Waals surface area contributed by atoms with Crippen molar-refractivity contribution in [2.75, 3.05) is 0 Å². The van der Waals surface area contributed by atoms with E-state index in [-0.39, 0.29) is 5.29 Å². The fraction of sp³-hybridized carbons (Fsp3) is 0.0667. The van der Waals surface area contributed by atoms with Gasteiger partial charge in [0.25, 0.3) is 0 Å². The zero-order chi connectivity index (χ0) is 12.8. The zero-order valence-electron chi connectivity index (χ0n) is 9.88. The number of hydrogen-bond donors (Lipinski definition) is 0. The van der Waals surface area contributed by atoms with Crippen LogP contribution in [0, 0.1) is 0 Å². The molecule has 0 aromatic heterocycles. The molecule has 18 heavy (non-hydrogen) atoms. The van der Waals surface area contributed by atoms with E-state index < -0.39 is 0 Å². The molecular weight excluding hydrogens is 244 g/mol. The number of amidine groups is 1. The van der Waals surface area contributed by atoms with E-state index in [2.05, 4.69) is 28.8 Å². The van der Waals surface area contributed by atoms with E-state index in [0.29, 0.717) is 0 Å². The Kier molecular flexibility index (Phi) is 4.26. The van der Waals surface area contributed by atoms with Crippen LogP contribution in [0.3, 0.4) is 0 Å². The van der Waals surface area contributed by atoms with Crippen LogP contribution in [0.15, 0.2) is 64.6 Å². The molecule has 0 unspecified atom stereocenters. The van der Waals surface area contributed by atoms with E-state index in [1.807, 2.05) is 42.5 Å². The minimum absolute atomic E-state index is 0.163. The summed E-state index contributed by atoms with van der Waals surface area (Å²) in [4.78, 5) is 7.82. The van der Waals surface area contributed by atoms with Crippen LogP contribution in [0.5, 0.6) is 0 Å². The third kappa shape index (κ3) is 3.28. The molecule has 0 aliphatic heterocycles. The number of aliphatic imine (C=N–C) groups is 2. The summed E-state index contributed by atoms with van der Waals surface area (Å²) in [7, 11) is 0. The first-order valence-electron chi connectivity index (χ1n) is 5.62. The van der Waals surface area contributed by atoms with Crippen molar-refractivity contribution in [3.05, 3.63) is 65.7 Å². The summed E-state index contributed by atoms with van der Waals surface area (Å²) in [6.07, 6.45) is 0.821. The van der Waals surface area contributed by atoms with Crippen LogP contribution in [0.4, 0.5) is 5.69 Å². The van der Waals surface area contributed by atoms with Crippen molar-refractivity contribution in [2.24, 2.45) is 9.98 Å². The average Bonchev–Trinajstić information content (AvgIpc) is 2.42. The topological polar surface area (TPSA) is 24.7 Å². The molecule has 0 bridgehead atoms. The lowest BCUT2D eigenvalue weighted by Crippen LogP contribution is -1.89. The van der Waals surface area contributed by atoms with Gasteiger partial charge in [0, 0.05) is 0 Å². The maximum atomic E-state index is 5.80. The minimum atomic E-state index is 0.163. The van der Waals surface area contributed by atoms with Crippen LogP contribution in [0.25, 0.3) is 0 Å². The second kappa shape index (κ2) is 6.12. The Hall–Kier alpha value is -1.93. The van der Waals surface area contributed by atoms with Crippen molar-refractivity contribution in [1.82, 2.24) is 0 Å². The summed E-state index contributed by atoms with van der Waals surface area (Å²) in [6, 6.07) is 18.1. The zero-order valence-corrected chi connectivity index (χ0v) is 10.6. The number of halogens is 1. The Morgan fingerprint density at radius 1 is 1.00 bits per heavy atom. The first-order valence-corrected chi connectivity index (χ1v) is 6.00. The summed E-state index contributed by atoms with van der Waals surface area (Å²) in [6.45, 7) is 3.36. The van der Waals surface area contributed by atoms with Crippen molar-refractivity contribution in [2.45, 2.75) is 6.42 Å². The Morgan fingerprint density at radius 2 is 1.67 bits per heavy atom. The molecule has 0 fully saturated rings. The van der Waals surface area contributed by atoms with Gasteiger partial charge in [-0.2, -0.15) is 0 Å². The standard InChI is InChI=1S/C15H13ClN2/c1-17-15(16)18-14-10-6-5-9-13(14)11-12-7-3-2-4-8-12/h2-10H,1,11H2/b18-15-. The molecule has 2 aromatic rings. The highest BCUT2D eigenvalue weighted by Gasteiger charge is 2.02. The molecule has 0 N–H and O–H groups in total. The third-order valence-electron chi connectivity index (χ3n) is 2.57. The first-order chi connectivity index (χ1) is 8.79. The minimum Gasteiger partial charge on any atom is -0.234 e. The normalized spacial score (nSPS) is 11.3. The molecule has 2 nitrogen and oxygen atoms in total. The first kappa shape index (κ1) is 12.5. The molecule has 0 amide bonds. The highest BCUT2D eigenvalue weighted by atomic mass is 35.5. The van der Waals surface area contributed by atoms with E-state index in [1.165, 1.54) is 5.56 Å². The average molecular weight is 257 g/mol. The molecule has 0 saturated carbocycles. The fourth-order valence-electron chi connectivity index (χ4n) is 1.72. The second-order valence-electron chi connectivity index (χ2n) is 3.83. The van der Waals surface area contributed by atoms with Gasteiger partial charge in [-0.25, -0.2) is 9.98 Å². The van der Waals surface area contributed by atoms with Crippen LogP contribution in [0.1, 0.15) is 11.1 Å². The van der Waals surface area contributed by atoms with Crippen molar-refractivity contribution in [1.29, 1.82) is 0 Å². The van der Waals surface area contributed by atoms with Gasteiger partial charge in [0.05, 0.1) is 5.69 Å². The second-order valence-corrected chi connectivity index (χ2v) is 4.17. The monoisotopic (exact) mass is 256 g/mol. The van der Waals surface area contributed by atoms with Gasteiger partial charge in [0.1, 0.15) is 0 Å². The lowest BCUT2D eigenvalue weighted by Gasteiger charge is -2.05. The Labute approximate surface area is 112 Å². The van der Waals surface area contributed by atoms with E-state index in [9.17, 15) is 0 Å². The number of benzene rings is 2. The maximum absolute atomic E-state index is 5.80. The summed E-state index contributed by atoms with van der Waals surface area (Å²) < 4.78 is 0. The van der Waals surface area contributed by atoms with Gasteiger partial charge in [-0.3, -0.25) is 0 Å². The van der Waals surface area contributed by atoms with Crippen molar-refractivity contribution in [3.63, 3.8) is 0 Å². The van der Waals surface area contributed by atoms with Crippen LogP contribution in [0.2, 0.25) is 0 Å². The van der Waals surface area contributed by atoms with Gasteiger partial charge in [0.2, 0.25) is 5.29 Å². The summed E-state index contributed by atoms with van der Waals surface area (Å²) in [5, 5.41) is 0.163. The predicted octanol–water partition coefficient (Wildman–Crippen LogP) is 4.20. The Bertz CT molecular complexity index is 562. The number of rotatable bonds is 3. The van der Waals surface area contributed by atoms with Gasteiger partial charge in [-0.1, -0.05) is 48.5 Å². The largest absolute Gasteiger partial charge is 0.234 e. The van der Waals surface area contributed by atoms with Crippen LogP contribution in [-0.4, -0.2) is 12.0 Å². The Balaban J connectivity index is 2.31. The van der Waals surface area contributed by atoms with Gasteiger partial charge in [-0.15, -0.1) is 0 Å². The van der Waals surface area contributed by atoms with E-state index in [1.54, 1.807) is 0 Å². The lowest BCUT2D eigenvalue weighted by molar-refractivity contribution is 1.18. The van der Waals surface area contributed by atoms with Crippen molar-refractivity contribution in [3.8, 4) is 0 Å². The molecule has 0 saturated heterocycles. The fourth-order valence-corrected chi connectivity index (χ4v) is 1.81. The number of nitrogens with zero attached hydrogens (tertiary/aromatic N) is 2. The smallest absolute Gasteiger partial charge is 0.222 e.